The maximum absolute atomic E-state index is 11.7. The van der Waals surface area contributed by atoms with Gasteiger partial charge in [0.2, 0.25) is 0 Å². The number of esters is 2. The maximum atomic E-state index is 11.7. The van der Waals surface area contributed by atoms with Gasteiger partial charge in [0.25, 0.3) is 5.79 Å². The zero-order chi connectivity index (χ0) is 16.2. The van der Waals surface area contributed by atoms with E-state index in [-0.39, 0.29) is 5.57 Å². The highest BCUT2D eigenvalue weighted by Gasteiger charge is 2.39. The van der Waals surface area contributed by atoms with Crippen LogP contribution in [-0.2, 0) is 23.9 Å². The van der Waals surface area contributed by atoms with Crippen LogP contribution in [0.1, 0.15) is 40.5 Å². The van der Waals surface area contributed by atoms with Gasteiger partial charge < -0.3 is 19.9 Å². The molecule has 1 heterocycles. The van der Waals surface area contributed by atoms with Crippen LogP contribution < -0.4 is 5.32 Å². The van der Waals surface area contributed by atoms with Gasteiger partial charge in [0.05, 0.1) is 0 Å². The summed E-state index contributed by atoms with van der Waals surface area (Å²) >= 11 is 0. The molecule has 0 aromatic rings. The molecule has 0 bridgehead atoms. The highest BCUT2D eigenvalue weighted by Crippen LogP contribution is 2.22. The molecule has 1 aliphatic rings. The van der Waals surface area contributed by atoms with E-state index in [0.29, 0.717) is 18.8 Å². The Labute approximate surface area is 123 Å². The summed E-state index contributed by atoms with van der Waals surface area (Å²) < 4.78 is 9.82. The third kappa shape index (κ3) is 5.09. The monoisotopic (exact) mass is 299 g/mol. The molecular formula is C14H21NO6. The Morgan fingerprint density at radius 1 is 1.24 bits per heavy atom. The van der Waals surface area contributed by atoms with Crippen LogP contribution in [0.15, 0.2) is 11.8 Å². The Bertz CT molecular complexity index is 444. The van der Waals surface area contributed by atoms with Crippen LogP contribution in [-0.4, -0.2) is 34.8 Å². The molecule has 0 aromatic carbocycles. The molecule has 7 nitrogen and oxygen atoms in total. The lowest BCUT2D eigenvalue weighted by Gasteiger charge is -2.29. The van der Waals surface area contributed by atoms with Crippen molar-refractivity contribution in [1.29, 1.82) is 0 Å². The van der Waals surface area contributed by atoms with Crippen LogP contribution in [0.2, 0.25) is 0 Å². The van der Waals surface area contributed by atoms with Crippen molar-refractivity contribution in [2.24, 2.45) is 5.92 Å². The molecule has 1 fully saturated rings. The third-order valence-electron chi connectivity index (χ3n) is 2.88. The molecule has 2 N–H and O–H groups in total. The SMILES string of the molecule is CC(C)CCC(NC=C1C(=O)OC(C)(C)OC1=O)C(=O)O. The number of rotatable bonds is 6. The van der Waals surface area contributed by atoms with Crippen LogP contribution in [0.5, 0.6) is 0 Å². The first-order chi connectivity index (χ1) is 9.62. The van der Waals surface area contributed by atoms with E-state index in [1.165, 1.54) is 13.8 Å². The number of carboxylic acid groups (broad SMARTS) is 1. The second-order valence-corrected chi connectivity index (χ2v) is 5.77. The minimum Gasteiger partial charge on any atom is -0.480 e. The van der Waals surface area contributed by atoms with E-state index < -0.39 is 29.7 Å². The van der Waals surface area contributed by atoms with Gasteiger partial charge in [-0.25, -0.2) is 14.4 Å². The van der Waals surface area contributed by atoms with Crippen LogP contribution in [0.25, 0.3) is 0 Å². The molecule has 118 valence electrons. The van der Waals surface area contributed by atoms with Crippen LogP contribution in [0.4, 0.5) is 0 Å². The molecular weight excluding hydrogens is 278 g/mol. The number of carboxylic acids is 1. The average molecular weight is 299 g/mol. The van der Waals surface area contributed by atoms with Crippen molar-refractivity contribution in [3.63, 3.8) is 0 Å². The van der Waals surface area contributed by atoms with Gasteiger partial charge in [-0.15, -0.1) is 0 Å². The maximum Gasteiger partial charge on any atom is 0.350 e. The fourth-order valence-electron chi connectivity index (χ4n) is 1.74. The summed E-state index contributed by atoms with van der Waals surface area (Å²) in [5.41, 5.74) is -0.342. The minimum atomic E-state index is -1.31. The Kier molecular flexibility index (Phi) is 5.34. The molecule has 0 aromatic heterocycles. The Hall–Kier alpha value is -2.05. The first kappa shape index (κ1) is 17.0. The number of carbonyl (C=O) groups is 3. The lowest BCUT2D eigenvalue weighted by Crippen LogP contribution is -2.43. The molecule has 0 amide bonds. The van der Waals surface area contributed by atoms with Crippen molar-refractivity contribution in [3.8, 4) is 0 Å². The van der Waals surface area contributed by atoms with Crippen molar-refractivity contribution >= 4 is 17.9 Å². The summed E-state index contributed by atoms with van der Waals surface area (Å²) in [6, 6.07) is -0.879. The number of carbonyl (C=O) groups excluding carboxylic acids is 2. The Balaban J connectivity index is 2.74. The number of hydrogen-bond donors (Lipinski definition) is 2. The third-order valence-corrected chi connectivity index (χ3v) is 2.88. The van der Waals surface area contributed by atoms with Crippen molar-refractivity contribution in [2.75, 3.05) is 0 Å². The molecule has 1 aliphatic heterocycles. The number of ether oxygens (including phenoxy) is 2. The summed E-state index contributed by atoms with van der Waals surface area (Å²) in [5, 5.41) is 11.7. The van der Waals surface area contributed by atoms with E-state index in [2.05, 4.69) is 5.32 Å². The van der Waals surface area contributed by atoms with Gasteiger partial charge in [0.15, 0.2) is 5.57 Å². The fraction of sp³-hybridized carbons (Fsp3) is 0.643. The van der Waals surface area contributed by atoms with E-state index in [4.69, 9.17) is 14.6 Å². The van der Waals surface area contributed by atoms with E-state index in [1.54, 1.807) is 0 Å². The lowest BCUT2D eigenvalue weighted by atomic mass is 10.0. The van der Waals surface area contributed by atoms with Gasteiger partial charge in [-0.05, 0) is 18.8 Å². The predicted octanol–water partition coefficient (Wildman–Crippen LogP) is 1.19. The quantitative estimate of drug-likeness (QED) is 0.431. The van der Waals surface area contributed by atoms with Crippen molar-refractivity contribution in [1.82, 2.24) is 5.32 Å². The summed E-state index contributed by atoms with van der Waals surface area (Å²) in [5.74, 6) is -3.68. The van der Waals surface area contributed by atoms with E-state index in [0.717, 1.165) is 6.20 Å². The minimum absolute atomic E-state index is 0.342. The molecule has 1 rings (SSSR count). The predicted molar refractivity (Wildman–Crippen MR) is 73.0 cm³/mol. The molecule has 1 unspecified atom stereocenters. The fourth-order valence-corrected chi connectivity index (χ4v) is 1.74. The number of aliphatic carboxylic acids is 1. The van der Waals surface area contributed by atoms with E-state index >= 15 is 0 Å². The van der Waals surface area contributed by atoms with Gasteiger partial charge in [-0.3, -0.25) is 0 Å². The molecule has 0 saturated carbocycles. The zero-order valence-corrected chi connectivity index (χ0v) is 12.6. The smallest absolute Gasteiger partial charge is 0.350 e. The van der Waals surface area contributed by atoms with Gasteiger partial charge in [-0.1, -0.05) is 13.8 Å². The standard InChI is InChI=1S/C14H21NO6/c1-8(2)5-6-10(11(16)17)15-7-9-12(18)20-14(3,4)21-13(9)19/h7-8,10,15H,5-6H2,1-4H3,(H,16,17). The first-order valence-corrected chi connectivity index (χ1v) is 6.78. The summed E-state index contributed by atoms with van der Waals surface area (Å²) in [4.78, 5) is 34.5. The molecule has 7 heteroatoms. The molecule has 1 atom stereocenters. The molecule has 0 aliphatic carbocycles. The molecule has 0 radical (unpaired) electrons. The Morgan fingerprint density at radius 2 is 1.76 bits per heavy atom. The van der Waals surface area contributed by atoms with Gasteiger partial charge in [0, 0.05) is 20.0 Å². The van der Waals surface area contributed by atoms with Gasteiger partial charge in [-0.2, -0.15) is 0 Å². The number of nitrogens with one attached hydrogen (secondary N) is 1. The summed E-state index contributed by atoms with van der Waals surface area (Å²) in [7, 11) is 0. The highest BCUT2D eigenvalue weighted by atomic mass is 16.7. The first-order valence-electron chi connectivity index (χ1n) is 6.78. The second kappa shape index (κ2) is 6.60. The van der Waals surface area contributed by atoms with E-state index in [9.17, 15) is 14.4 Å². The lowest BCUT2D eigenvalue weighted by molar-refractivity contribution is -0.222. The van der Waals surface area contributed by atoms with Gasteiger partial charge in [0.1, 0.15) is 6.04 Å². The number of cyclic esters (lactones) is 2. The van der Waals surface area contributed by atoms with Crippen LogP contribution in [0, 0.1) is 5.92 Å². The van der Waals surface area contributed by atoms with Crippen molar-refractivity contribution in [2.45, 2.75) is 52.4 Å². The van der Waals surface area contributed by atoms with Gasteiger partial charge >= 0.3 is 17.9 Å². The zero-order valence-electron chi connectivity index (χ0n) is 12.6. The number of hydrogen-bond acceptors (Lipinski definition) is 6. The molecule has 0 spiro atoms. The topological polar surface area (TPSA) is 102 Å². The van der Waals surface area contributed by atoms with Crippen LogP contribution >= 0.6 is 0 Å². The normalized spacial score (nSPS) is 18.8. The van der Waals surface area contributed by atoms with Crippen molar-refractivity contribution in [3.05, 3.63) is 11.8 Å². The van der Waals surface area contributed by atoms with Crippen LogP contribution in [0.3, 0.4) is 0 Å². The summed E-state index contributed by atoms with van der Waals surface area (Å²) in [6.45, 7) is 6.84. The average Bonchev–Trinajstić information content (AvgIpc) is 2.29. The van der Waals surface area contributed by atoms with Crippen molar-refractivity contribution < 1.29 is 29.0 Å². The summed E-state index contributed by atoms with van der Waals surface area (Å²) in [6.07, 6.45) is 2.14. The second-order valence-electron chi connectivity index (χ2n) is 5.77. The largest absolute Gasteiger partial charge is 0.480 e. The van der Waals surface area contributed by atoms with E-state index in [1.807, 2.05) is 13.8 Å². The Morgan fingerprint density at radius 3 is 2.19 bits per heavy atom. The molecule has 1 saturated heterocycles. The highest BCUT2D eigenvalue weighted by molar-refractivity contribution is 6.15. The molecule has 21 heavy (non-hydrogen) atoms.